The number of aromatic nitrogens is 2. The Labute approximate surface area is 94.2 Å². The molecule has 1 heterocycles. The van der Waals surface area contributed by atoms with Crippen LogP contribution in [0.25, 0.3) is 0 Å². The molecule has 1 aliphatic rings. The molecule has 0 aromatic carbocycles. The molecule has 1 aromatic heterocycles. The predicted molar refractivity (Wildman–Crippen MR) is 61.2 cm³/mol. The molecule has 5 heteroatoms. The number of hydrogen-bond donors (Lipinski definition) is 1. The van der Waals surface area contributed by atoms with Crippen LogP contribution < -0.4 is 5.32 Å². The maximum absolute atomic E-state index is 5.43. The summed E-state index contributed by atoms with van der Waals surface area (Å²) in [5.41, 5.74) is 0. The predicted octanol–water partition coefficient (Wildman–Crippen LogP) is 2.46. The van der Waals surface area contributed by atoms with Gasteiger partial charge in [0.1, 0.15) is 6.10 Å². The van der Waals surface area contributed by atoms with Gasteiger partial charge in [0.05, 0.1) is 0 Å². The maximum atomic E-state index is 5.43. The second-order valence-corrected chi connectivity index (χ2v) is 4.63. The highest BCUT2D eigenvalue weighted by Gasteiger charge is 2.35. The lowest BCUT2D eigenvalue weighted by atomic mass is 10.2. The highest BCUT2D eigenvalue weighted by Crippen LogP contribution is 2.42. The van der Waals surface area contributed by atoms with Crippen molar-refractivity contribution in [2.24, 2.45) is 5.92 Å². The van der Waals surface area contributed by atoms with Crippen molar-refractivity contribution in [2.45, 2.75) is 32.3 Å². The summed E-state index contributed by atoms with van der Waals surface area (Å²) in [6.45, 7) is 3.09. The Bertz CT molecular complexity index is 311. The monoisotopic (exact) mass is 227 g/mol. The minimum atomic E-state index is 0.110. The van der Waals surface area contributed by atoms with E-state index in [1.165, 1.54) is 24.4 Å². The van der Waals surface area contributed by atoms with Crippen molar-refractivity contribution in [2.75, 3.05) is 19.0 Å². The summed E-state index contributed by atoms with van der Waals surface area (Å²) in [7, 11) is 1.74. The third-order valence-electron chi connectivity index (χ3n) is 2.53. The fourth-order valence-electron chi connectivity index (χ4n) is 1.56. The SMILES string of the molecule is CCCNc1nc(C(OC)C2CC2)ns1. The zero-order valence-electron chi connectivity index (χ0n) is 9.19. The molecule has 2 rings (SSSR count). The van der Waals surface area contributed by atoms with Crippen molar-refractivity contribution in [3.05, 3.63) is 5.82 Å². The second-order valence-electron chi connectivity index (χ2n) is 3.88. The summed E-state index contributed by atoms with van der Waals surface area (Å²) in [5.74, 6) is 1.49. The molecule has 1 unspecified atom stereocenters. The lowest BCUT2D eigenvalue weighted by molar-refractivity contribution is 0.0783. The van der Waals surface area contributed by atoms with Gasteiger partial charge in [0.2, 0.25) is 5.13 Å². The van der Waals surface area contributed by atoms with Crippen LogP contribution in [0.5, 0.6) is 0 Å². The zero-order valence-corrected chi connectivity index (χ0v) is 10.0. The van der Waals surface area contributed by atoms with E-state index in [-0.39, 0.29) is 6.10 Å². The molecule has 84 valence electrons. The second kappa shape index (κ2) is 4.90. The molecule has 0 spiro atoms. The summed E-state index contributed by atoms with van der Waals surface area (Å²) < 4.78 is 9.78. The molecule has 1 N–H and O–H groups in total. The molecule has 1 saturated carbocycles. The van der Waals surface area contributed by atoms with Crippen LogP contribution >= 0.6 is 11.5 Å². The van der Waals surface area contributed by atoms with Gasteiger partial charge in [-0.1, -0.05) is 6.92 Å². The lowest BCUT2D eigenvalue weighted by Crippen LogP contribution is -2.06. The smallest absolute Gasteiger partial charge is 0.202 e. The Kier molecular flexibility index (Phi) is 3.53. The van der Waals surface area contributed by atoms with Crippen LogP contribution in [0.1, 0.15) is 38.1 Å². The van der Waals surface area contributed by atoms with E-state index in [1.807, 2.05) is 0 Å². The van der Waals surface area contributed by atoms with E-state index in [0.29, 0.717) is 5.92 Å². The van der Waals surface area contributed by atoms with Gasteiger partial charge in [0.15, 0.2) is 5.82 Å². The minimum Gasteiger partial charge on any atom is -0.373 e. The van der Waals surface area contributed by atoms with Crippen LogP contribution in [-0.4, -0.2) is 23.0 Å². The summed E-state index contributed by atoms with van der Waals surface area (Å²) in [6, 6.07) is 0. The fraction of sp³-hybridized carbons (Fsp3) is 0.800. The van der Waals surface area contributed by atoms with Gasteiger partial charge in [-0.2, -0.15) is 4.37 Å². The van der Waals surface area contributed by atoms with E-state index in [0.717, 1.165) is 23.9 Å². The molecule has 1 aliphatic carbocycles. The van der Waals surface area contributed by atoms with E-state index in [2.05, 4.69) is 21.6 Å². The Morgan fingerprint density at radius 2 is 2.40 bits per heavy atom. The Morgan fingerprint density at radius 3 is 3.00 bits per heavy atom. The van der Waals surface area contributed by atoms with Gasteiger partial charge in [-0.05, 0) is 25.2 Å². The third-order valence-corrected chi connectivity index (χ3v) is 3.21. The lowest BCUT2D eigenvalue weighted by Gasteiger charge is -2.09. The Hall–Kier alpha value is -0.680. The van der Waals surface area contributed by atoms with E-state index in [1.54, 1.807) is 7.11 Å². The van der Waals surface area contributed by atoms with Gasteiger partial charge in [0.25, 0.3) is 0 Å². The normalized spacial score (nSPS) is 17.7. The molecule has 1 atom stereocenters. The van der Waals surface area contributed by atoms with Crippen molar-refractivity contribution in [1.82, 2.24) is 9.36 Å². The number of nitrogens with zero attached hydrogens (tertiary/aromatic N) is 2. The molecule has 1 fully saturated rings. The number of nitrogens with one attached hydrogen (secondary N) is 1. The molecule has 0 amide bonds. The molecule has 1 aromatic rings. The quantitative estimate of drug-likeness (QED) is 0.811. The molecule has 0 bridgehead atoms. The maximum Gasteiger partial charge on any atom is 0.202 e. The standard InChI is InChI=1S/C10H17N3OS/c1-3-6-11-10-12-9(13-15-10)8(14-2)7-4-5-7/h7-8H,3-6H2,1-2H3,(H,11,12,13). The number of ether oxygens (including phenoxy) is 1. The van der Waals surface area contributed by atoms with Crippen LogP contribution in [0.15, 0.2) is 0 Å². The fourth-order valence-corrected chi connectivity index (χ4v) is 2.19. The largest absolute Gasteiger partial charge is 0.373 e. The molecular weight excluding hydrogens is 210 g/mol. The van der Waals surface area contributed by atoms with Crippen molar-refractivity contribution >= 4 is 16.7 Å². The first-order chi connectivity index (χ1) is 7.35. The van der Waals surface area contributed by atoms with Crippen LogP contribution in [0, 0.1) is 5.92 Å². The van der Waals surface area contributed by atoms with Gasteiger partial charge in [0, 0.05) is 25.2 Å². The van der Waals surface area contributed by atoms with Gasteiger partial charge in [-0.15, -0.1) is 0 Å². The molecule has 0 radical (unpaired) electrons. The van der Waals surface area contributed by atoms with Crippen molar-refractivity contribution in [3.8, 4) is 0 Å². The van der Waals surface area contributed by atoms with Crippen LogP contribution in [0.4, 0.5) is 5.13 Å². The Balaban J connectivity index is 1.98. The van der Waals surface area contributed by atoms with E-state index >= 15 is 0 Å². The van der Waals surface area contributed by atoms with Crippen LogP contribution in [0.3, 0.4) is 0 Å². The highest BCUT2D eigenvalue weighted by molar-refractivity contribution is 7.09. The minimum absolute atomic E-state index is 0.110. The molecular formula is C10H17N3OS. The topological polar surface area (TPSA) is 47.0 Å². The van der Waals surface area contributed by atoms with Crippen molar-refractivity contribution in [1.29, 1.82) is 0 Å². The highest BCUT2D eigenvalue weighted by atomic mass is 32.1. The molecule has 15 heavy (non-hydrogen) atoms. The number of rotatable bonds is 6. The van der Waals surface area contributed by atoms with Crippen LogP contribution in [-0.2, 0) is 4.74 Å². The first kappa shape index (κ1) is 10.8. The first-order valence-corrected chi connectivity index (χ1v) is 6.22. The number of anilines is 1. The summed E-state index contributed by atoms with van der Waals surface area (Å²) in [6.07, 6.45) is 3.70. The Morgan fingerprint density at radius 1 is 1.60 bits per heavy atom. The van der Waals surface area contributed by atoms with Gasteiger partial charge in [-0.25, -0.2) is 4.98 Å². The van der Waals surface area contributed by atoms with E-state index < -0.39 is 0 Å². The number of methoxy groups -OCH3 is 1. The average molecular weight is 227 g/mol. The van der Waals surface area contributed by atoms with E-state index in [9.17, 15) is 0 Å². The van der Waals surface area contributed by atoms with Crippen LogP contribution in [0.2, 0.25) is 0 Å². The summed E-state index contributed by atoms with van der Waals surface area (Å²) >= 11 is 1.43. The van der Waals surface area contributed by atoms with Gasteiger partial charge in [-0.3, -0.25) is 0 Å². The molecule has 0 aliphatic heterocycles. The molecule has 4 nitrogen and oxygen atoms in total. The third kappa shape index (κ3) is 2.66. The van der Waals surface area contributed by atoms with Gasteiger partial charge >= 0.3 is 0 Å². The summed E-state index contributed by atoms with van der Waals surface area (Å²) in [5, 5.41) is 4.15. The average Bonchev–Trinajstić information content (AvgIpc) is 2.96. The van der Waals surface area contributed by atoms with Crippen molar-refractivity contribution < 1.29 is 4.74 Å². The summed E-state index contributed by atoms with van der Waals surface area (Å²) in [4.78, 5) is 4.45. The first-order valence-electron chi connectivity index (χ1n) is 5.45. The van der Waals surface area contributed by atoms with Gasteiger partial charge < -0.3 is 10.1 Å². The zero-order chi connectivity index (χ0) is 10.7. The number of hydrogen-bond acceptors (Lipinski definition) is 5. The van der Waals surface area contributed by atoms with Crippen molar-refractivity contribution in [3.63, 3.8) is 0 Å². The van der Waals surface area contributed by atoms with E-state index in [4.69, 9.17) is 4.74 Å². The molecule has 0 saturated heterocycles.